The highest BCUT2D eigenvalue weighted by atomic mass is 16.2. The Morgan fingerprint density at radius 3 is 2.57 bits per heavy atom. The number of carbonyl (C=O) groups is 1. The van der Waals surface area contributed by atoms with Crippen LogP contribution in [-0.4, -0.2) is 18.0 Å². The van der Waals surface area contributed by atoms with Gasteiger partial charge in [0.05, 0.1) is 5.54 Å². The topological polar surface area (TPSA) is 55.1 Å². The maximum atomic E-state index is 11.5. The van der Waals surface area contributed by atoms with E-state index in [1.165, 1.54) is 25.7 Å². The van der Waals surface area contributed by atoms with Crippen LogP contribution in [0.15, 0.2) is 0 Å². The lowest BCUT2D eigenvalue weighted by Crippen LogP contribution is -2.43. The number of nitrogens with two attached hydrogens (primary N) is 1. The molecule has 2 aliphatic rings. The standard InChI is InChI=1S/C11H20N2O/c12-11(6-7-11)10(14)13-8-5-9-3-1-2-4-9/h9H,1-8,12H2,(H,13,14). The van der Waals surface area contributed by atoms with Crippen LogP contribution >= 0.6 is 0 Å². The van der Waals surface area contributed by atoms with E-state index in [2.05, 4.69) is 5.32 Å². The number of amides is 1. The first-order chi connectivity index (χ1) is 6.71. The van der Waals surface area contributed by atoms with Gasteiger partial charge in [-0.25, -0.2) is 0 Å². The third kappa shape index (κ3) is 2.27. The van der Waals surface area contributed by atoms with Crippen LogP contribution in [0.4, 0.5) is 0 Å². The summed E-state index contributed by atoms with van der Waals surface area (Å²) in [5, 5.41) is 2.95. The molecule has 2 saturated carbocycles. The van der Waals surface area contributed by atoms with Gasteiger partial charge in [-0.1, -0.05) is 25.7 Å². The average molecular weight is 196 g/mol. The van der Waals surface area contributed by atoms with Crippen molar-refractivity contribution in [1.29, 1.82) is 0 Å². The van der Waals surface area contributed by atoms with E-state index in [0.717, 1.165) is 31.7 Å². The fourth-order valence-corrected chi connectivity index (χ4v) is 2.23. The Labute approximate surface area is 85.4 Å². The lowest BCUT2D eigenvalue weighted by Gasteiger charge is -2.12. The lowest BCUT2D eigenvalue weighted by molar-refractivity contribution is -0.123. The summed E-state index contributed by atoms with van der Waals surface area (Å²) in [7, 11) is 0. The molecule has 2 fully saturated rings. The maximum absolute atomic E-state index is 11.5. The first kappa shape index (κ1) is 9.97. The van der Waals surface area contributed by atoms with Crippen LogP contribution in [0, 0.1) is 5.92 Å². The summed E-state index contributed by atoms with van der Waals surface area (Å²) in [6.07, 6.45) is 8.32. The highest BCUT2D eigenvalue weighted by molar-refractivity contribution is 5.88. The van der Waals surface area contributed by atoms with Crippen molar-refractivity contribution >= 4 is 5.91 Å². The smallest absolute Gasteiger partial charge is 0.240 e. The number of hydrogen-bond acceptors (Lipinski definition) is 2. The van der Waals surface area contributed by atoms with Crippen molar-refractivity contribution in [1.82, 2.24) is 5.32 Å². The predicted octanol–water partition coefficient (Wildman–Crippen LogP) is 1.17. The van der Waals surface area contributed by atoms with Gasteiger partial charge in [-0.3, -0.25) is 4.79 Å². The Balaban J connectivity index is 1.60. The SMILES string of the molecule is NC1(C(=O)NCCC2CCCC2)CC1. The Bertz CT molecular complexity index is 217. The van der Waals surface area contributed by atoms with E-state index in [-0.39, 0.29) is 5.91 Å². The summed E-state index contributed by atoms with van der Waals surface area (Å²) in [6, 6.07) is 0. The molecule has 14 heavy (non-hydrogen) atoms. The number of rotatable bonds is 4. The van der Waals surface area contributed by atoms with E-state index in [4.69, 9.17) is 5.73 Å². The van der Waals surface area contributed by atoms with Crippen LogP contribution in [0.25, 0.3) is 0 Å². The van der Waals surface area contributed by atoms with E-state index in [9.17, 15) is 4.79 Å². The molecule has 0 bridgehead atoms. The van der Waals surface area contributed by atoms with Crippen molar-refractivity contribution < 1.29 is 4.79 Å². The largest absolute Gasteiger partial charge is 0.354 e. The second-order valence-corrected chi connectivity index (χ2v) is 4.85. The van der Waals surface area contributed by atoms with Gasteiger partial charge in [0.15, 0.2) is 0 Å². The molecule has 0 saturated heterocycles. The Morgan fingerprint density at radius 2 is 2.00 bits per heavy atom. The quantitative estimate of drug-likeness (QED) is 0.709. The summed E-state index contributed by atoms with van der Waals surface area (Å²) in [4.78, 5) is 11.5. The molecule has 0 spiro atoms. The minimum absolute atomic E-state index is 0.0653. The van der Waals surface area contributed by atoms with Crippen molar-refractivity contribution in [3.8, 4) is 0 Å². The number of hydrogen-bond donors (Lipinski definition) is 2. The molecule has 0 atom stereocenters. The molecule has 0 aromatic carbocycles. The Morgan fingerprint density at radius 1 is 1.36 bits per heavy atom. The fourth-order valence-electron chi connectivity index (χ4n) is 2.23. The summed E-state index contributed by atoms with van der Waals surface area (Å²) in [5.74, 6) is 0.915. The van der Waals surface area contributed by atoms with Gasteiger partial charge in [0.1, 0.15) is 0 Å². The van der Waals surface area contributed by atoms with Crippen molar-refractivity contribution in [3.63, 3.8) is 0 Å². The van der Waals surface area contributed by atoms with Gasteiger partial charge < -0.3 is 11.1 Å². The summed E-state index contributed by atoms with van der Waals surface area (Å²) >= 11 is 0. The zero-order chi connectivity index (χ0) is 10.0. The monoisotopic (exact) mass is 196 g/mol. The zero-order valence-corrected chi connectivity index (χ0v) is 8.72. The molecule has 2 rings (SSSR count). The van der Waals surface area contributed by atoms with Crippen molar-refractivity contribution in [3.05, 3.63) is 0 Å². The van der Waals surface area contributed by atoms with Crippen LogP contribution in [0.1, 0.15) is 44.9 Å². The van der Waals surface area contributed by atoms with Gasteiger partial charge in [-0.2, -0.15) is 0 Å². The van der Waals surface area contributed by atoms with Crippen molar-refractivity contribution in [2.45, 2.75) is 50.5 Å². The third-order valence-electron chi connectivity index (χ3n) is 3.55. The third-order valence-corrected chi connectivity index (χ3v) is 3.55. The second kappa shape index (κ2) is 3.89. The Kier molecular flexibility index (Phi) is 2.77. The van der Waals surface area contributed by atoms with Crippen LogP contribution in [0.5, 0.6) is 0 Å². The molecule has 0 aliphatic heterocycles. The van der Waals surface area contributed by atoms with E-state index in [1.807, 2.05) is 0 Å². The molecular formula is C11H20N2O. The molecule has 0 unspecified atom stereocenters. The summed E-state index contributed by atoms with van der Waals surface area (Å²) < 4.78 is 0. The number of carbonyl (C=O) groups excluding carboxylic acids is 1. The van der Waals surface area contributed by atoms with Gasteiger partial charge in [0.2, 0.25) is 5.91 Å². The molecule has 0 aromatic heterocycles. The fraction of sp³-hybridized carbons (Fsp3) is 0.909. The molecule has 0 radical (unpaired) electrons. The van der Waals surface area contributed by atoms with Crippen molar-refractivity contribution in [2.75, 3.05) is 6.54 Å². The minimum Gasteiger partial charge on any atom is -0.354 e. The second-order valence-electron chi connectivity index (χ2n) is 4.85. The van der Waals surface area contributed by atoms with E-state index >= 15 is 0 Å². The highest BCUT2D eigenvalue weighted by Gasteiger charge is 2.45. The first-order valence-electron chi connectivity index (χ1n) is 5.78. The van der Waals surface area contributed by atoms with Crippen LogP contribution in [0.3, 0.4) is 0 Å². The molecule has 3 nitrogen and oxygen atoms in total. The summed E-state index contributed by atoms with van der Waals surface area (Å²) in [6.45, 7) is 0.822. The van der Waals surface area contributed by atoms with Crippen LogP contribution < -0.4 is 11.1 Å². The molecule has 80 valence electrons. The first-order valence-corrected chi connectivity index (χ1v) is 5.78. The van der Waals surface area contributed by atoms with Crippen molar-refractivity contribution in [2.24, 2.45) is 11.7 Å². The summed E-state index contributed by atoms with van der Waals surface area (Å²) in [5.41, 5.74) is 5.28. The van der Waals surface area contributed by atoms with Crippen LogP contribution in [-0.2, 0) is 4.79 Å². The predicted molar refractivity (Wildman–Crippen MR) is 55.7 cm³/mol. The van der Waals surface area contributed by atoms with E-state index in [1.54, 1.807) is 0 Å². The minimum atomic E-state index is -0.490. The lowest BCUT2D eigenvalue weighted by atomic mass is 10.0. The Hall–Kier alpha value is -0.570. The van der Waals surface area contributed by atoms with Gasteiger partial charge in [0, 0.05) is 6.54 Å². The van der Waals surface area contributed by atoms with E-state index < -0.39 is 5.54 Å². The van der Waals surface area contributed by atoms with Gasteiger partial charge in [-0.15, -0.1) is 0 Å². The maximum Gasteiger partial charge on any atom is 0.240 e. The molecule has 1 amide bonds. The zero-order valence-electron chi connectivity index (χ0n) is 8.72. The molecule has 2 aliphatic carbocycles. The molecule has 3 heteroatoms. The van der Waals surface area contributed by atoms with Gasteiger partial charge in [-0.05, 0) is 25.2 Å². The average Bonchev–Trinajstić information content (AvgIpc) is 2.73. The molecule has 0 heterocycles. The van der Waals surface area contributed by atoms with E-state index in [0.29, 0.717) is 0 Å². The molecule has 3 N–H and O–H groups in total. The van der Waals surface area contributed by atoms with Crippen LogP contribution in [0.2, 0.25) is 0 Å². The highest BCUT2D eigenvalue weighted by Crippen LogP contribution is 2.32. The normalized spacial score (nSPS) is 24.9. The molecular weight excluding hydrogens is 176 g/mol. The molecule has 0 aromatic rings. The number of nitrogens with one attached hydrogen (secondary N) is 1. The van der Waals surface area contributed by atoms with Gasteiger partial charge >= 0.3 is 0 Å². The van der Waals surface area contributed by atoms with Gasteiger partial charge in [0.25, 0.3) is 0 Å².